The van der Waals surface area contributed by atoms with Crippen LogP contribution in [0.15, 0.2) is 17.7 Å². The Labute approximate surface area is 188 Å². The number of carbonyl (C=O) groups excluding carboxylic acids is 1. The van der Waals surface area contributed by atoms with Crippen LogP contribution in [0.1, 0.15) is 31.9 Å². The molecule has 1 aliphatic heterocycles. The van der Waals surface area contributed by atoms with Crippen molar-refractivity contribution < 1.29 is 37.4 Å². The predicted octanol–water partition coefficient (Wildman–Crippen LogP) is 4.03. The monoisotopic (exact) mass is 480 g/mol. The highest BCUT2D eigenvalue weighted by Gasteiger charge is 2.49. The van der Waals surface area contributed by atoms with Gasteiger partial charge in [-0.05, 0) is 36.2 Å². The molecule has 32 heavy (non-hydrogen) atoms. The summed E-state index contributed by atoms with van der Waals surface area (Å²) in [7, 11) is 1.59. The first kappa shape index (κ1) is 25.7. The Kier molecular flexibility index (Phi) is 8.00. The van der Waals surface area contributed by atoms with Crippen LogP contribution in [0.4, 0.5) is 13.2 Å². The van der Waals surface area contributed by atoms with Crippen LogP contribution in [0.25, 0.3) is 6.08 Å². The Morgan fingerprint density at radius 3 is 2.44 bits per heavy atom. The molecular weight excluding hydrogens is 457 g/mol. The number of benzene rings is 1. The highest BCUT2D eigenvalue weighted by Crippen LogP contribution is 2.42. The van der Waals surface area contributed by atoms with E-state index < -0.39 is 34.3 Å². The highest BCUT2D eigenvalue weighted by atomic mass is 35.5. The van der Waals surface area contributed by atoms with E-state index in [1.807, 2.05) is 20.8 Å². The van der Waals surface area contributed by atoms with Crippen LogP contribution >= 0.6 is 11.6 Å². The summed E-state index contributed by atoms with van der Waals surface area (Å²) in [5.74, 6) is -1.20. The van der Waals surface area contributed by atoms with Gasteiger partial charge in [0.25, 0.3) is 5.09 Å². The number of fused-ring (bicyclic) bond motifs is 1. The quantitative estimate of drug-likeness (QED) is 0.315. The average molecular weight is 481 g/mol. The Balaban J connectivity index is 2.17. The number of alkyl halides is 3. The fraction of sp³-hybridized carbons (Fsp3) is 0.550. The molecule has 0 saturated heterocycles. The van der Waals surface area contributed by atoms with E-state index in [0.29, 0.717) is 10.6 Å². The first-order valence-electron chi connectivity index (χ1n) is 9.62. The molecular formula is C20H24ClF3N2O6. The zero-order valence-electron chi connectivity index (χ0n) is 18.0. The van der Waals surface area contributed by atoms with E-state index in [0.717, 1.165) is 6.08 Å². The van der Waals surface area contributed by atoms with E-state index in [2.05, 4.69) is 4.84 Å². The molecule has 1 heterocycles. The summed E-state index contributed by atoms with van der Waals surface area (Å²) >= 11 is 6.30. The van der Waals surface area contributed by atoms with Crippen LogP contribution in [0, 0.1) is 10.1 Å². The van der Waals surface area contributed by atoms with Crippen LogP contribution in [-0.2, 0) is 19.8 Å². The van der Waals surface area contributed by atoms with Crippen molar-refractivity contribution in [3.05, 3.63) is 44.0 Å². The Hall–Kier alpha value is -2.53. The molecule has 0 amide bonds. The third-order valence-electron chi connectivity index (χ3n) is 4.65. The zero-order valence-corrected chi connectivity index (χ0v) is 18.7. The molecule has 1 aliphatic rings. The van der Waals surface area contributed by atoms with E-state index >= 15 is 0 Å². The molecule has 0 bridgehead atoms. The van der Waals surface area contributed by atoms with Crippen molar-refractivity contribution in [2.45, 2.75) is 38.5 Å². The van der Waals surface area contributed by atoms with Gasteiger partial charge in [0.15, 0.2) is 0 Å². The van der Waals surface area contributed by atoms with Crippen LogP contribution in [0.5, 0.6) is 5.75 Å². The first-order valence-corrected chi connectivity index (χ1v) is 10.00. The van der Waals surface area contributed by atoms with E-state index in [-0.39, 0.29) is 37.6 Å². The first-order chi connectivity index (χ1) is 14.7. The second kappa shape index (κ2) is 9.95. The summed E-state index contributed by atoms with van der Waals surface area (Å²) in [5, 5.41) is 9.53. The third-order valence-corrected chi connectivity index (χ3v) is 4.97. The largest absolute Gasteiger partial charge is 0.475 e. The zero-order chi connectivity index (χ0) is 24.3. The number of likely N-dealkylation sites (N-methyl/N-ethyl adjacent to an activating group) is 1. The summed E-state index contributed by atoms with van der Waals surface area (Å²) in [4.78, 5) is 28.3. The Morgan fingerprint density at radius 1 is 1.25 bits per heavy atom. The molecule has 1 aromatic rings. The van der Waals surface area contributed by atoms with Crippen molar-refractivity contribution in [1.82, 2.24) is 4.90 Å². The summed E-state index contributed by atoms with van der Waals surface area (Å²) in [6.07, 6.45) is -6.25. The molecule has 1 atom stereocenters. The van der Waals surface area contributed by atoms with Gasteiger partial charge in [0, 0.05) is 23.7 Å². The van der Waals surface area contributed by atoms with Crippen molar-refractivity contribution >= 4 is 23.6 Å². The smallest absolute Gasteiger partial charge is 0.430 e. The molecule has 0 spiro atoms. The van der Waals surface area contributed by atoms with Gasteiger partial charge < -0.3 is 19.2 Å². The number of rotatable bonds is 8. The SMILES string of the molecule is CN(CCOC(=O)C1=Cc2cc(Cl)c(C(C)(C)C)cc2OC1C(F)(F)F)CCO[N+](=O)[O-]. The normalized spacial score (nSPS) is 16.2. The molecule has 0 radical (unpaired) electrons. The van der Waals surface area contributed by atoms with Crippen LogP contribution in [0.3, 0.4) is 0 Å². The lowest BCUT2D eigenvalue weighted by Gasteiger charge is -2.30. The van der Waals surface area contributed by atoms with Crippen LogP contribution in [-0.4, -0.2) is 61.6 Å². The molecule has 0 aromatic heterocycles. The van der Waals surface area contributed by atoms with E-state index in [1.54, 1.807) is 11.9 Å². The summed E-state index contributed by atoms with van der Waals surface area (Å²) in [5.41, 5.74) is -0.265. The standard InChI is InChI=1S/C20H24ClF3N2O6/c1-19(2,3)14-11-16-12(10-15(14)21)9-13(17(32-16)20(22,23)24)18(27)30-7-5-25(4)6-8-31-26(28)29/h9-11,17H,5-8H2,1-4H3. The van der Waals surface area contributed by atoms with Gasteiger partial charge in [-0.15, -0.1) is 10.1 Å². The fourth-order valence-corrected chi connectivity index (χ4v) is 3.42. The van der Waals surface area contributed by atoms with Gasteiger partial charge in [0.2, 0.25) is 6.10 Å². The third kappa shape index (κ3) is 6.73. The summed E-state index contributed by atoms with van der Waals surface area (Å²) in [6, 6.07) is 2.91. The lowest BCUT2D eigenvalue weighted by Crippen LogP contribution is -2.41. The number of halogens is 4. The maximum atomic E-state index is 13.6. The average Bonchev–Trinajstić information content (AvgIpc) is 2.64. The molecule has 12 heteroatoms. The maximum Gasteiger partial charge on any atom is 0.430 e. The lowest BCUT2D eigenvalue weighted by molar-refractivity contribution is -0.757. The summed E-state index contributed by atoms with van der Waals surface area (Å²) < 4.78 is 51.1. The van der Waals surface area contributed by atoms with Crippen molar-refractivity contribution in [2.24, 2.45) is 0 Å². The Bertz CT molecular complexity index is 899. The molecule has 178 valence electrons. The minimum absolute atomic E-state index is 0.0243. The minimum Gasteiger partial charge on any atom is -0.475 e. The Morgan fingerprint density at radius 2 is 1.88 bits per heavy atom. The molecule has 0 fully saturated rings. The van der Waals surface area contributed by atoms with Crippen molar-refractivity contribution in [3.8, 4) is 5.75 Å². The van der Waals surface area contributed by atoms with Crippen molar-refractivity contribution in [1.29, 1.82) is 0 Å². The fourth-order valence-electron chi connectivity index (χ4n) is 2.96. The van der Waals surface area contributed by atoms with Gasteiger partial charge in [0.05, 0.1) is 5.57 Å². The number of nitrogens with zero attached hydrogens (tertiary/aromatic N) is 2. The summed E-state index contributed by atoms with van der Waals surface area (Å²) in [6.45, 7) is 5.47. The van der Waals surface area contributed by atoms with Crippen molar-refractivity contribution in [2.75, 3.05) is 33.4 Å². The number of ether oxygens (including phenoxy) is 2. The number of esters is 1. The number of carbonyl (C=O) groups is 1. The molecule has 2 rings (SSSR count). The van der Waals surface area contributed by atoms with E-state index in [1.165, 1.54) is 12.1 Å². The molecule has 0 N–H and O–H groups in total. The molecule has 1 unspecified atom stereocenters. The van der Waals surface area contributed by atoms with Gasteiger partial charge in [0.1, 0.15) is 19.0 Å². The molecule has 1 aromatic carbocycles. The van der Waals surface area contributed by atoms with Crippen LogP contribution < -0.4 is 4.74 Å². The van der Waals surface area contributed by atoms with Crippen LogP contribution in [0.2, 0.25) is 5.02 Å². The number of hydrogen-bond acceptors (Lipinski definition) is 7. The van der Waals surface area contributed by atoms with Gasteiger partial charge >= 0.3 is 12.1 Å². The van der Waals surface area contributed by atoms with Crippen molar-refractivity contribution in [3.63, 3.8) is 0 Å². The molecule has 0 aliphatic carbocycles. The van der Waals surface area contributed by atoms with Gasteiger partial charge in [-0.3, -0.25) is 0 Å². The molecule has 8 nitrogen and oxygen atoms in total. The lowest BCUT2D eigenvalue weighted by atomic mass is 9.85. The number of hydrogen-bond donors (Lipinski definition) is 0. The predicted molar refractivity (Wildman–Crippen MR) is 110 cm³/mol. The minimum atomic E-state index is -4.85. The van der Waals surface area contributed by atoms with Gasteiger partial charge in [-0.2, -0.15) is 13.2 Å². The van der Waals surface area contributed by atoms with E-state index in [4.69, 9.17) is 21.1 Å². The van der Waals surface area contributed by atoms with Gasteiger partial charge in [-0.25, -0.2) is 4.79 Å². The topological polar surface area (TPSA) is 91.1 Å². The second-order valence-electron chi connectivity index (χ2n) is 8.26. The molecule has 0 saturated carbocycles. The highest BCUT2D eigenvalue weighted by molar-refractivity contribution is 6.31. The van der Waals surface area contributed by atoms with E-state index in [9.17, 15) is 28.1 Å². The second-order valence-corrected chi connectivity index (χ2v) is 8.66. The van der Waals surface area contributed by atoms with Gasteiger partial charge in [-0.1, -0.05) is 32.4 Å². The maximum absolute atomic E-state index is 13.6.